The molecule has 0 spiro atoms. The van der Waals surface area contributed by atoms with Crippen LogP contribution in [0.4, 0.5) is 0 Å². The van der Waals surface area contributed by atoms with Gasteiger partial charge in [0.15, 0.2) is 0 Å². The van der Waals surface area contributed by atoms with Crippen LogP contribution in [0.1, 0.15) is 37.0 Å². The van der Waals surface area contributed by atoms with E-state index in [2.05, 4.69) is 29.8 Å². The number of aromatic hydroxyl groups is 1. The van der Waals surface area contributed by atoms with E-state index >= 15 is 0 Å². The minimum atomic E-state index is -0.0761. The first-order valence-corrected chi connectivity index (χ1v) is 7.08. The van der Waals surface area contributed by atoms with Gasteiger partial charge in [-0.1, -0.05) is 22.9 Å². The van der Waals surface area contributed by atoms with E-state index in [1.807, 2.05) is 4.90 Å². The third kappa shape index (κ3) is 2.69. The van der Waals surface area contributed by atoms with Crippen molar-refractivity contribution in [3.05, 3.63) is 28.2 Å². The Kier molecular flexibility index (Phi) is 3.95. The Hall–Kier alpha value is -1.03. The van der Waals surface area contributed by atoms with Crippen molar-refractivity contribution in [1.29, 1.82) is 0 Å². The van der Waals surface area contributed by atoms with Gasteiger partial charge in [0.1, 0.15) is 5.75 Å². The topological polar surface area (TPSA) is 40.5 Å². The Morgan fingerprint density at radius 3 is 2.83 bits per heavy atom. The molecule has 0 bridgehead atoms. The Balaban J connectivity index is 2.27. The number of halogens is 1. The van der Waals surface area contributed by atoms with Crippen molar-refractivity contribution in [2.45, 2.75) is 32.7 Å². The maximum atomic E-state index is 12.5. The van der Waals surface area contributed by atoms with E-state index in [4.69, 9.17) is 0 Å². The summed E-state index contributed by atoms with van der Waals surface area (Å²) in [5.41, 5.74) is 0.380. The second-order valence-corrected chi connectivity index (χ2v) is 6.07. The Bertz CT molecular complexity index is 461. The van der Waals surface area contributed by atoms with Crippen molar-refractivity contribution in [3.8, 4) is 5.75 Å². The van der Waals surface area contributed by atoms with Crippen LogP contribution < -0.4 is 0 Å². The third-order valence-corrected chi connectivity index (χ3v) is 4.06. The lowest BCUT2D eigenvalue weighted by molar-refractivity contribution is 0.0571. The smallest absolute Gasteiger partial charge is 0.257 e. The number of nitrogens with zero attached hydrogens (tertiary/aromatic N) is 1. The van der Waals surface area contributed by atoms with Gasteiger partial charge in [-0.3, -0.25) is 4.79 Å². The van der Waals surface area contributed by atoms with Crippen LogP contribution in [0.2, 0.25) is 0 Å². The average molecular weight is 312 g/mol. The van der Waals surface area contributed by atoms with Crippen molar-refractivity contribution in [2.75, 3.05) is 6.54 Å². The summed E-state index contributed by atoms with van der Waals surface area (Å²) in [6.45, 7) is 5.00. The number of hydrogen-bond acceptors (Lipinski definition) is 2. The maximum absolute atomic E-state index is 12.5. The number of phenolic OH excluding ortho intramolecular Hbond substituents is 1. The summed E-state index contributed by atoms with van der Waals surface area (Å²) in [5.74, 6) is 0.501. The normalized spacial score (nSPS) is 24.1. The predicted octanol–water partition coefficient (Wildman–Crippen LogP) is 3.42. The highest BCUT2D eigenvalue weighted by molar-refractivity contribution is 9.10. The number of phenols is 1. The second kappa shape index (κ2) is 5.31. The molecule has 2 atom stereocenters. The monoisotopic (exact) mass is 311 g/mol. The second-order valence-electron chi connectivity index (χ2n) is 5.15. The first-order valence-electron chi connectivity index (χ1n) is 6.28. The van der Waals surface area contributed by atoms with E-state index in [1.165, 1.54) is 0 Å². The van der Waals surface area contributed by atoms with Gasteiger partial charge < -0.3 is 10.0 Å². The van der Waals surface area contributed by atoms with Crippen LogP contribution in [-0.2, 0) is 0 Å². The summed E-state index contributed by atoms with van der Waals surface area (Å²) in [6.07, 6.45) is 2.19. The molecular formula is C14H18BrNO2. The summed E-state index contributed by atoms with van der Waals surface area (Å²) in [7, 11) is 0. The zero-order valence-corrected chi connectivity index (χ0v) is 12.3. The highest BCUT2D eigenvalue weighted by atomic mass is 79.9. The van der Waals surface area contributed by atoms with E-state index in [0.717, 1.165) is 23.9 Å². The van der Waals surface area contributed by atoms with Crippen LogP contribution in [0.25, 0.3) is 0 Å². The van der Waals surface area contributed by atoms with Gasteiger partial charge in [0.2, 0.25) is 0 Å². The van der Waals surface area contributed by atoms with Gasteiger partial charge in [0.05, 0.1) is 5.56 Å². The molecule has 1 saturated heterocycles. The third-order valence-electron chi connectivity index (χ3n) is 3.57. The quantitative estimate of drug-likeness (QED) is 0.863. The molecule has 0 aliphatic carbocycles. The molecule has 2 rings (SSSR count). The fraction of sp³-hybridized carbons (Fsp3) is 0.500. The van der Waals surface area contributed by atoms with Crippen molar-refractivity contribution in [3.63, 3.8) is 0 Å². The molecule has 1 aliphatic heterocycles. The van der Waals surface area contributed by atoms with E-state index in [0.29, 0.717) is 11.5 Å². The fourth-order valence-corrected chi connectivity index (χ4v) is 2.77. The van der Waals surface area contributed by atoms with Crippen molar-refractivity contribution in [1.82, 2.24) is 4.90 Å². The number of benzene rings is 1. The lowest BCUT2D eigenvalue weighted by atomic mass is 9.94. The van der Waals surface area contributed by atoms with Gasteiger partial charge in [0.25, 0.3) is 5.91 Å². The van der Waals surface area contributed by atoms with Crippen LogP contribution in [0.5, 0.6) is 5.75 Å². The van der Waals surface area contributed by atoms with Crippen LogP contribution in [0.15, 0.2) is 22.7 Å². The number of amides is 1. The van der Waals surface area contributed by atoms with Gasteiger partial charge >= 0.3 is 0 Å². The molecule has 0 saturated carbocycles. The summed E-state index contributed by atoms with van der Waals surface area (Å²) >= 11 is 3.33. The molecule has 3 nitrogen and oxygen atoms in total. The number of rotatable bonds is 1. The molecule has 0 aromatic heterocycles. The van der Waals surface area contributed by atoms with Crippen LogP contribution in [0.3, 0.4) is 0 Å². The molecule has 1 heterocycles. The summed E-state index contributed by atoms with van der Waals surface area (Å²) in [5, 5.41) is 9.82. The molecule has 0 radical (unpaired) electrons. The SMILES string of the molecule is CC1CCC(C)N(C(=O)c2cc(Br)ccc2O)C1. The highest BCUT2D eigenvalue weighted by Crippen LogP contribution is 2.28. The first kappa shape index (κ1) is 13.4. The van der Waals surface area contributed by atoms with Gasteiger partial charge in [-0.15, -0.1) is 0 Å². The van der Waals surface area contributed by atoms with Crippen molar-refractivity contribution < 1.29 is 9.90 Å². The molecule has 1 fully saturated rings. The van der Waals surface area contributed by atoms with E-state index < -0.39 is 0 Å². The number of carbonyl (C=O) groups is 1. The summed E-state index contributed by atoms with van der Waals surface area (Å²) in [4.78, 5) is 14.3. The van der Waals surface area contributed by atoms with Gasteiger partial charge in [0, 0.05) is 17.1 Å². The molecule has 2 unspecified atom stereocenters. The number of piperidine rings is 1. The van der Waals surface area contributed by atoms with E-state index in [9.17, 15) is 9.90 Å². The highest BCUT2D eigenvalue weighted by Gasteiger charge is 2.28. The van der Waals surface area contributed by atoms with Crippen molar-refractivity contribution in [2.24, 2.45) is 5.92 Å². The van der Waals surface area contributed by atoms with Gasteiger partial charge in [-0.05, 0) is 43.9 Å². The van der Waals surface area contributed by atoms with E-state index in [-0.39, 0.29) is 17.7 Å². The molecule has 1 aliphatic rings. The molecular weight excluding hydrogens is 294 g/mol. The Labute approximate surface area is 116 Å². The van der Waals surface area contributed by atoms with Crippen LogP contribution in [-0.4, -0.2) is 28.5 Å². The summed E-state index contributed by atoms with van der Waals surface area (Å²) in [6, 6.07) is 5.21. The number of hydrogen-bond donors (Lipinski definition) is 1. The fourth-order valence-electron chi connectivity index (χ4n) is 2.41. The Morgan fingerprint density at radius 1 is 1.39 bits per heavy atom. The molecule has 18 heavy (non-hydrogen) atoms. The molecule has 1 N–H and O–H groups in total. The zero-order valence-electron chi connectivity index (χ0n) is 10.7. The van der Waals surface area contributed by atoms with E-state index in [1.54, 1.807) is 18.2 Å². The van der Waals surface area contributed by atoms with Gasteiger partial charge in [-0.2, -0.15) is 0 Å². The number of likely N-dealkylation sites (tertiary alicyclic amines) is 1. The molecule has 98 valence electrons. The summed E-state index contributed by atoms with van der Waals surface area (Å²) < 4.78 is 0.807. The molecule has 4 heteroatoms. The van der Waals surface area contributed by atoms with Crippen molar-refractivity contribution >= 4 is 21.8 Å². The standard InChI is InChI=1S/C14H18BrNO2/c1-9-3-4-10(2)16(8-9)14(18)12-7-11(15)5-6-13(12)17/h5-7,9-10,17H,3-4,8H2,1-2H3. The lowest BCUT2D eigenvalue weighted by Gasteiger charge is -2.37. The lowest BCUT2D eigenvalue weighted by Crippen LogP contribution is -2.44. The first-order chi connectivity index (χ1) is 8.49. The zero-order chi connectivity index (χ0) is 13.3. The minimum Gasteiger partial charge on any atom is -0.507 e. The average Bonchev–Trinajstić information content (AvgIpc) is 2.34. The molecule has 1 amide bonds. The number of carbonyl (C=O) groups excluding carboxylic acids is 1. The molecule has 1 aromatic rings. The maximum Gasteiger partial charge on any atom is 0.257 e. The minimum absolute atomic E-state index is 0.0497. The Morgan fingerprint density at radius 2 is 2.11 bits per heavy atom. The van der Waals surface area contributed by atoms with Crippen LogP contribution in [0, 0.1) is 5.92 Å². The predicted molar refractivity (Wildman–Crippen MR) is 74.7 cm³/mol. The van der Waals surface area contributed by atoms with Crippen LogP contribution >= 0.6 is 15.9 Å². The molecule has 1 aromatic carbocycles. The largest absolute Gasteiger partial charge is 0.507 e. The van der Waals surface area contributed by atoms with Gasteiger partial charge in [-0.25, -0.2) is 0 Å².